The number of carbonyl (C=O) groups excluding carboxylic acids is 1. The van der Waals surface area contributed by atoms with Crippen molar-refractivity contribution in [3.05, 3.63) is 0 Å². The molecule has 1 N–H and O–H groups in total. The van der Waals surface area contributed by atoms with Gasteiger partial charge in [0.2, 0.25) is 5.91 Å². The van der Waals surface area contributed by atoms with Crippen LogP contribution in [0.5, 0.6) is 0 Å². The first-order valence-corrected chi connectivity index (χ1v) is 7.29. The lowest BCUT2D eigenvalue weighted by Gasteiger charge is -2.35. The van der Waals surface area contributed by atoms with Crippen molar-refractivity contribution in [2.45, 2.75) is 50.2 Å². The Kier molecular flexibility index (Phi) is 5.60. The highest BCUT2D eigenvalue weighted by Crippen LogP contribution is 2.29. The molecule has 0 saturated carbocycles. The highest BCUT2D eigenvalue weighted by Gasteiger charge is 2.36. The molecular formula is C14H26N2O3. The van der Waals surface area contributed by atoms with E-state index >= 15 is 0 Å². The summed E-state index contributed by atoms with van der Waals surface area (Å²) in [6.45, 7) is 1.64. The standard InChI is InChI=1S/C14H26N2O3/c1-16(14(17)5-6-19-8-7-18-2)13-9-11-3-4-12(10-13)15-11/h11-13,15H,3-10H2,1-2H3. The van der Waals surface area contributed by atoms with Crippen molar-refractivity contribution < 1.29 is 14.3 Å². The molecule has 0 aromatic rings. The third-order valence-corrected chi connectivity index (χ3v) is 4.28. The van der Waals surface area contributed by atoms with Crippen molar-refractivity contribution in [2.24, 2.45) is 0 Å². The summed E-state index contributed by atoms with van der Waals surface area (Å²) in [7, 11) is 3.58. The van der Waals surface area contributed by atoms with Gasteiger partial charge in [-0.3, -0.25) is 4.79 Å². The van der Waals surface area contributed by atoms with E-state index in [4.69, 9.17) is 9.47 Å². The normalized spacial score (nSPS) is 29.5. The zero-order chi connectivity index (χ0) is 13.7. The van der Waals surface area contributed by atoms with Crippen LogP contribution < -0.4 is 5.32 Å². The number of rotatable bonds is 7. The van der Waals surface area contributed by atoms with E-state index in [1.54, 1.807) is 7.11 Å². The number of piperidine rings is 1. The van der Waals surface area contributed by atoms with Gasteiger partial charge in [0.05, 0.1) is 26.2 Å². The van der Waals surface area contributed by atoms with Crippen LogP contribution in [0.1, 0.15) is 32.1 Å². The lowest BCUT2D eigenvalue weighted by atomic mass is 9.98. The van der Waals surface area contributed by atoms with Crippen LogP contribution in [-0.4, -0.2) is 62.9 Å². The lowest BCUT2D eigenvalue weighted by Crippen LogP contribution is -2.48. The van der Waals surface area contributed by atoms with Crippen LogP contribution >= 0.6 is 0 Å². The van der Waals surface area contributed by atoms with Gasteiger partial charge in [-0.05, 0) is 25.7 Å². The Morgan fingerprint density at radius 2 is 1.89 bits per heavy atom. The third-order valence-electron chi connectivity index (χ3n) is 4.28. The predicted octanol–water partition coefficient (Wildman–Crippen LogP) is 0.781. The van der Waals surface area contributed by atoms with Gasteiger partial charge in [-0.25, -0.2) is 0 Å². The van der Waals surface area contributed by atoms with E-state index in [0.29, 0.717) is 44.4 Å². The summed E-state index contributed by atoms with van der Waals surface area (Å²) in [6.07, 6.45) is 5.21. The number of amides is 1. The average molecular weight is 270 g/mol. The Hall–Kier alpha value is -0.650. The maximum absolute atomic E-state index is 12.1. The van der Waals surface area contributed by atoms with Crippen LogP contribution in [0.4, 0.5) is 0 Å². The first-order valence-electron chi connectivity index (χ1n) is 7.29. The molecule has 2 unspecified atom stereocenters. The lowest BCUT2D eigenvalue weighted by molar-refractivity contribution is -0.133. The van der Waals surface area contributed by atoms with Crippen LogP contribution in [0, 0.1) is 0 Å². The van der Waals surface area contributed by atoms with Crippen LogP contribution in [0.15, 0.2) is 0 Å². The summed E-state index contributed by atoms with van der Waals surface area (Å²) < 4.78 is 10.2. The highest BCUT2D eigenvalue weighted by molar-refractivity contribution is 5.76. The van der Waals surface area contributed by atoms with E-state index < -0.39 is 0 Å². The van der Waals surface area contributed by atoms with Gasteiger partial charge in [-0.2, -0.15) is 0 Å². The fraction of sp³-hybridized carbons (Fsp3) is 0.929. The van der Waals surface area contributed by atoms with Crippen molar-refractivity contribution in [3.8, 4) is 0 Å². The fourth-order valence-electron chi connectivity index (χ4n) is 3.13. The minimum Gasteiger partial charge on any atom is -0.382 e. The van der Waals surface area contributed by atoms with Crippen molar-refractivity contribution in [3.63, 3.8) is 0 Å². The molecule has 110 valence electrons. The van der Waals surface area contributed by atoms with Crippen molar-refractivity contribution >= 4 is 5.91 Å². The topological polar surface area (TPSA) is 50.8 Å². The molecule has 2 heterocycles. The molecule has 0 aromatic carbocycles. The summed E-state index contributed by atoms with van der Waals surface area (Å²) in [5, 5.41) is 3.60. The second-order valence-corrected chi connectivity index (χ2v) is 5.62. The first-order chi connectivity index (χ1) is 9.20. The van der Waals surface area contributed by atoms with Crippen LogP contribution in [0.2, 0.25) is 0 Å². The molecule has 2 bridgehead atoms. The number of fused-ring (bicyclic) bond motifs is 2. The summed E-state index contributed by atoms with van der Waals surface area (Å²) in [5.74, 6) is 0.198. The van der Waals surface area contributed by atoms with Gasteiger partial charge in [0.1, 0.15) is 0 Å². The summed E-state index contributed by atoms with van der Waals surface area (Å²) in [6, 6.07) is 1.65. The number of nitrogens with zero attached hydrogens (tertiary/aromatic N) is 1. The number of nitrogens with one attached hydrogen (secondary N) is 1. The summed E-state index contributed by atoms with van der Waals surface area (Å²) in [5.41, 5.74) is 0. The molecule has 5 nitrogen and oxygen atoms in total. The Labute approximate surface area is 115 Å². The molecule has 2 saturated heterocycles. The van der Waals surface area contributed by atoms with E-state index in [-0.39, 0.29) is 5.91 Å². The van der Waals surface area contributed by atoms with Crippen molar-refractivity contribution in [1.29, 1.82) is 0 Å². The third kappa shape index (κ3) is 4.16. The van der Waals surface area contributed by atoms with Gasteiger partial charge in [-0.15, -0.1) is 0 Å². The molecule has 2 aliphatic rings. The van der Waals surface area contributed by atoms with E-state index in [9.17, 15) is 4.79 Å². The zero-order valence-corrected chi connectivity index (χ0v) is 12.1. The smallest absolute Gasteiger partial charge is 0.224 e. The maximum Gasteiger partial charge on any atom is 0.224 e. The van der Waals surface area contributed by atoms with Gasteiger partial charge >= 0.3 is 0 Å². The van der Waals surface area contributed by atoms with Crippen molar-refractivity contribution in [2.75, 3.05) is 34.0 Å². The van der Waals surface area contributed by atoms with Crippen molar-refractivity contribution in [1.82, 2.24) is 10.2 Å². The van der Waals surface area contributed by atoms with Gasteiger partial charge in [0.15, 0.2) is 0 Å². The molecule has 0 aromatic heterocycles. The minimum absolute atomic E-state index is 0.198. The van der Waals surface area contributed by atoms with Gasteiger partial charge < -0.3 is 19.7 Å². The first kappa shape index (κ1) is 14.8. The molecule has 2 atom stereocenters. The molecule has 2 aliphatic heterocycles. The van der Waals surface area contributed by atoms with Gasteiger partial charge in [0.25, 0.3) is 0 Å². The largest absolute Gasteiger partial charge is 0.382 e. The zero-order valence-electron chi connectivity index (χ0n) is 12.1. The summed E-state index contributed by atoms with van der Waals surface area (Å²) in [4.78, 5) is 14.0. The van der Waals surface area contributed by atoms with E-state index in [0.717, 1.165) is 12.8 Å². The highest BCUT2D eigenvalue weighted by atomic mass is 16.5. The van der Waals surface area contributed by atoms with Gasteiger partial charge in [0, 0.05) is 32.3 Å². The Bertz CT molecular complexity index is 286. The molecule has 2 fully saturated rings. The Balaban J connectivity index is 1.67. The minimum atomic E-state index is 0.198. The molecule has 5 heteroatoms. The number of carbonyl (C=O) groups is 1. The monoisotopic (exact) mass is 270 g/mol. The van der Waals surface area contributed by atoms with E-state index in [1.807, 2.05) is 11.9 Å². The van der Waals surface area contributed by atoms with Crippen LogP contribution in [-0.2, 0) is 14.3 Å². The van der Waals surface area contributed by atoms with Crippen LogP contribution in [0.3, 0.4) is 0 Å². The number of hydrogen-bond acceptors (Lipinski definition) is 4. The SMILES string of the molecule is COCCOCCC(=O)N(C)C1CC2CCC(C1)N2. The average Bonchev–Trinajstić information content (AvgIpc) is 2.76. The van der Waals surface area contributed by atoms with E-state index in [1.165, 1.54) is 12.8 Å². The molecule has 0 radical (unpaired) electrons. The maximum atomic E-state index is 12.1. The predicted molar refractivity (Wildman–Crippen MR) is 73.0 cm³/mol. The molecule has 1 amide bonds. The molecule has 2 rings (SSSR count). The molecule has 19 heavy (non-hydrogen) atoms. The Morgan fingerprint density at radius 1 is 1.21 bits per heavy atom. The van der Waals surface area contributed by atoms with E-state index in [2.05, 4.69) is 5.32 Å². The Morgan fingerprint density at radius 3 is 2.53 bits per heavy atom. The van der Waals surface area contributed by atoms with Crippen LogP contribution in [0.25, 0.3) is 0 Å². The summed E-state index contributed by atoms with van der Waals surface area (Å²) >= 11 is 0. The molecular weight excluding hydrogens is 244 g/mol. The second-order valence-electron chi connectivity index (χ2n) is 5.62. The quantitative estimate of drug-likeness (QED) is 0.695. The number of hydrogen-bond donors (Lipinski definition) is 1. The fourth-order valence-corrected chi connectivity index (χ4v) is 3.13. The molecule has 0 aliphatic carbocycles. The second kappa shape index (κ2) is 7.22. The number of ether oxygens (including phenoxy) is 2. The van der Waals surface area contributed by atoms with Gasteiger partial charge in [-0.1, -0.05) is 0 Å². The number of methoxy groups -OCH3 is 1. The molecule has 0 spiro atoms.